The average Bonchev–Trinajstić information content (AvgIpc) is 3.11. The molecule has 21 heavy (non-hydrogen) atoms. The fourth-order valence-electron chi connectivity index (χ4n) is 4.31. The number of carboxylic acid groups (broad SMARTS) is 1. The summed E-state index contributed by atoms with van der Waals surface area (Å²) < 4.78 is 39.3. The Bertz CT molecular complexity index is 479. The molecule has 0 spiro atoms. The number of halogens is 3. The van der Waals surface area contributed by atoms with Crippen molar-refractivity contribution in [2.75, 3.05) is 13.1 Å². The number of rotatable bonds is 2. The van der Waals surface area contributed by atoms with E-state index in [4.69, 9.17) is 5.11 Å². The van der Waals surface area contributed by atoms with Gasteiger partial charge in [-0.3, -0.25) is 9.59 Å². The van der Waals surface area contributed by atoms with E-state index >= 15 is 0 Å². The molecule has 118 valence electrons. The quantitative estimate of drug-likeness (QED) is 0.851. The van der Waals surface area contributed by atoms with E-state index < -0.39 is 30.5 Å². The molecule has 2 aliphatic carbocycles. The summed E-state index contributed by atoms with van der Waals surface area (Å²) in [5.41, 5.74) is -2.79. The monoisotopic (exact) mass is 305 g/mol. The minimum Gasteiger partial charge on any atom is -0.481 e. The topological polar surface area (TPSA) is 57.6 Å². The summed E-state index contributed by atoms with van der Waals surface area (Å²) in [5.74, 6) is -1.53. The lowest BCUT2D eigenvalue weighted by Gasteiger charge is -2.29. The van der Waals surface area contributed by atoms with Gasteiger partial charge >= 0.3 is 12.1 Å². The second-order valence-corrected chi connectivity index (χ2v) is 6.68. The van der Waals surface area contributed by atoms with Crippen molar-refractivity contribution in [3.05, 3.63) is 0 Å². The van der Waals surface area contributed by atoms with Crippen LogP contribution < -0.4 is 0 Å². The summed E-state index contributed by atoms with van der Waals surface area (Å²) >= 11 is 0. The third kappa shape index (κ3) is 2.12. The van der Waals surface area contributed by atoms with Gasteiger partial charge in [-0.25, -0.2) is 0 Å². The van der Waals surface area contributed by atoms with Crippen LogP contribution in [0.3, 0.4) is 0 Å². The second-order valence-electron chi connectivity index (χ2n) is 6.68. The van der Waals surface area contributed by atoms with Crippen LogP contribution in [-0.2, 0) is 9.59 Å². The number of aliphatic carboxylic acids is 1. The molecule has 2 bridgehead atoms. The van der Waals surface area contributed by atoms with Crippen molar-refractivity contribution >= 4 is 11.9 Å². The molecule has 1 amide bonds. The Morgan fingerprint density at radius 1 is 1.19 bits per heavy atom. The first-order valence-corrected chi connectivity index (χ1v) is 7.33. The van der Waals surface area contributed by atoms with E-state index in [1.807, 2.05) is 0 Å². The molecule has 1 N–H and O–H groups in total. The lowest BCUT2D eigenvalue weighted by Crippen LogP contribution is -2.48. The Morgan fingerprint density at radius 3 is 2.33 bits per heavy atom. The first-order valence-electron chi connectivity index (χ1n) is 7.33. The number of amides is 1. The van der Waals surface area contributed by atoms with Gasteiger partial charge in [0.2, 0.25) is 5.91 Å². The predicted molar refractivity (Wildman–Crippen MR) is 66.3 cm³/mol. The van der Waals surface area contributed by atoms with Crippen molar-refractivity contribution in [1.29, 1.82) is 0 Å². The minimum absolute atomic E-state index is 0.113. The second kappa shape index (κ2) is 4.61. The maximum Gasteiger partial charge on any atom is 0.406 e. The van der Waals surface area contributed by atoms with Crippen molar-refractivity contribution in [1.82, 2.24) is 4.90 Å². The molecule has 7 heteroatoms. The van der Waals surface area contributed by atoms with Gasteiger partial charge in [0.25, 0.3) is 0 Å². The normalized spacial score (nSPS) is 39.0. The molecule has 0 aromatic rings. The Balaban J connectivity index is 1.74. The molecule has 1 heterocycles. The van der Waals surface area contributed by atoms with E-state index in [-0.39, 0.29) is 24.3 Å². The van der Waals surface area contributed by atoms with Gasteiger partial charge in [0.1, 0.15) is 0 Å². The zero-order valence-electron chi connectivity index (χ0n) is 11.5. The van der Waals surface area contributed by atoms with Crippen LogP contribution >= 0.6 is 0 Å². The Labute approximate surface area is 120 Å². The van der Waals surface area contributed by atoms with Crippen LogP contribution in [0.25, 0.3) is 0 Å². The molecule has 3 rings (SSSR count). The first-order chi connectivity index (χ1) is 9.74. The van der Waals surface area contributed by atoms with E-state index in [9.17, 15) is 22.8 Å². The number of alkyl halides is 3. The van der Waals surface area contributed by atoms with Gasteiger partial charge in [-0.2, -0.15) is 13.2 Å². The Kier molecular flexibility index (Phi) is 3.22. The number of hydrogen-bond acceptors (Lipinski definition) is 2. The Hall–Kier alpha value is -1.27. The third-order valence-electron chi connectivity index (χ3n) is 5.59. The van der Waals surface area contributed by atoms with Gasteiger partial charge in [0.05, 0.1) is 0 Å². The van der Waals surface area contributed by atoms with Crippen LogP contribution in [0.1, 0.15) is 32.1 Å². The molecular weight excluding hydrogens is 287 g/mol. The van der Waals surface area contributed by atoms with E-state index in [0.29, 0.717) is 5.92 Å². The molecular formula is C14H18F3NO3. The maximum absolute atomic E-state index is 13.1. The van der Waals surface area contributed by atoms with E-state index in [0.717, 1.165) is 30.6 Å². The molecule has 4 nitrogen and oxygen atoms in total. The van der Waals surface area contributed by atoms with Gasteiger partial charge in [0.15, 0.2) is 5.41 Å². The average molecular weight is 305 g/mol. The molecule has 2 saturated carbocycles. The van der Waals surface area contributed by atoms with Crippen LogP contribution in [0, 0.1) is 23.2 Å². The number of carbonyl (C=O) groups excluding carboxylic acids is 1. The zero-order valence-corrected chi connectivity index (χ0v) is 11.5. The van der Waals surface area contributed by atoms with Gasteiger partial charge in [-0.05, 0) is 37.5 Å². The van der Waals surface area contributed by atoms with Gasteiger partial charge in [0, 0.05) is 19.0 Å². The molecule has 0 aromatic carbocycles. The number of carboxylic acids is 1. The summed E-state index contributed by atoms with van der Waals surface area (Å²) in [5, 5.41) is 9.01. The highest BCUT2D eigenvalue weighted by molar-refractivity contribution is 5.83. The summed E-state index contributed by atoms with van der Waals surface area (Å²) in [6, 6.07) is 0. The van der Waals surface area contributed by atoms with Crippen molar-refractivity contribution in [2.24, 2.45) is 23.2 Å². The lowest BCUT2D eigenvalue weighted by atomic mass is 9.86. The smallest absolute Gasteiger partial charge is 0.406 e. The Morgan fingerprint density at radius 2 is 1.90 bits per heavy atom. The summed E-state index contributed by atoms with van der Waals surface area (Å²) in [6.07, 6.45) is -1.55. The third-order valence-corrected chi connectivity index (χ3v) is 5.59. The number of nitrogens with zero attached hydrogens (tertiary/aromatic N) is 1. The molecule has 1 saturated heterocycles. The molecule has 0 aromatic heterocycles. The molecule has 0 radical (unpaired) electrons. The van der Waals surface area contributed by atoms with Crippen LogP contribution in [0.5, 0.6) is 0 Å². The van der Waals surface area contributed by atoms with Crippen molar-refractivity contribution in [3.63, 3.8) is 0 Å². The van der Waals surface area contributed by atoms with Crippen LogP contribution in [0.2, 0.25) is 0 Å². The fraction of sp³-hybridized carbons (Fsp3) is 0.857. The zero-order chi connectivity index (χ0) is 15.4. The van der Waals surface area contributed by atoms with Crippen molar-refractivity contribution in [2.45, 2.75) is 38.3 Å². The molecule has 3 aliphatic rings. The molecule has 4 atom stereocenters. The highest BCUT2D eigenvalue weighted by Gasteiger charge is 2.64. The number of carbonyl (C=O) groups is 2. The van der Waals surface area contributed by atoms with Crippen molar-refractivity contribution < 1.29 is 27.9 Å². The van der Waals surface area contributed by atoms with Crippen LogP contribution in [-0.4, -0.2) is 41.1 Å². The predicted octanol–water partition coefficient (Wildman–Crippen LogP) is 2.29. The van der Waals surface area contributed by atoms with Gasteiger partial charge in [-0.1, -0.05) is 6.42 Å². The summed E-state index contributed by atoms with van der Waals surface area (Å²) in [6.45, 7) is -0.850. The molecule has 4 unspecified atom stereocenters. The molecule has 1 aliphatic heterocycles. The molecule has 3 fully saturated rings. The highest BCUT2D eigenvalue weighted by Crippen LogP contribution is 2.51. The minimum atomic E-state index is -4.83. The SMILES string of the molecule is O=C(C1CC2CCC1C2)N1CCC(C(=O)O)(C(F)(F)F)C1. The number of fused-ring (bicyclic) bond motifs is 2. The summed E-state index contributed by atoms with van der Waals surface area (Å²) in [4.78, 5) is 24.7. The standard InChI is InChI=1S/C14H18F3NO3/c15-14(16,17)13(12(20)21)3-4-18(7-13)11(19)10-6-8-1-2-9(10)5-8/h8-10H,1-7H2,(H,20,21). The van der Waals surface area contributed by atoms with Crippen molar-refractivity contribution in [3.8, 4) is 0 Å². The van der Waals surface area contributed by atoms with Gasteiger partial charge < -0.3 is 10.0 Å². The van der Waals surface area contributed by atoms with E-state index in [1.165, 1.54) is 0 Å². The number of hydrogen-bond donors (Lipinski definition) is 1. The fourth-order valence-corrected chi connectivity index (χ4v) is 4.31. The van der Waals surface area contributed by atoms with E-state index in [1.54, 1.807) is 0 Å². The first kappa shape index (κ1) is 14.7. The van der Waals surface area contributed by atoms with Crippen LogP contribution in [0.15, 0.2) is 0 Å². The van der Waals surface area contributed by atoms with Crippen LogP contribution in [0.4, 0.5) is 13.2 Å². The maximum atomic E-state index is 13.1. The largest absolute Gasteiger partial charge is 0.481 e. The van der Waals surface area contributed by atoms with Gasteiger partial charge in [-0.15, -0.1) is 0 Å². The number of likely N-dealkylation sites (tertiary alicyclic amines) is 1. The van der Waals surface area contributed by atoms with E-state index in [2.05, 4.69) is 0 Å². The highest BCUT2D eigenvalue weighted by atomic mass is 19.4. The summed E-state index contributed by atoms with van der Waals surface area (Å²) in [7, 11) is 0. The lowest BCUT2D eigenvalue weighted by molar-refractivity contribution is -0.227.